The number of primary amides is 1. The molecule has 1 aliphatic rings. The number of rotatable bonds is 4. The smallest absolute Gasteiger partial charge is 0.366 e. The second kappa shape index (κ2) is 6.60. The van der Waals surface area contributed by atoms with Crippen LogP contribution in [0.15, 0.2) is 18.2 Å². The van der Waals surface area contributed by atoms with Crippen LogP contribution >= 0.6 is 11.8 Å². The first-order valence-corrected chi connectivity index (χ1v) is 7.80. The third-order valence-electron chi connectivity index (χ3n) is 3.42. The van der Waals surface area contributed by atoms with E-state index in [1.54, 1.807) is 16.7 Å². The zero-order valence-electron chi connectivity index (χ0n) is 11.7. The molecule has 0 atom stereocenters. The van der Waals surface area contributed by atoms with Gasteiger partial charge in [-0.25, -0.2) is 0 Å². The van der Waals surface area contributed by atoms with Crippen molar-refractivity contribution in [2.24, 2.45) is 5.73 Å². The van der Waals surface area contributed by atoms with Gasteiger partial charge < -0.3 is 10.6 Å². The van der Waals surface area contributed by atoms with Crippen molar-refractivity contribution < 1.29 is 22.8 Å². The van der Waals surface area contributed by atoms with Gasteiger partial charge in [0.1, 0.15) is 0 Å². The van der Waals surface area contributed by atoms with E-state index in [0.29, 0.717) is 12.4 Å². The summed E-state index contributed by atoms with van der Waals surface area (Å²) < 4.78 is 38.8. The van der Waals surface area contributed by atoms with E-state index in [1.165, 1.54) is 12.1 Å². The molecule has 0 spiro atoms. The Hall–Kier alpha value is -1.70. The van der Waals surface area contributed by atoms with Crippen molar-refractivity contribution in [3.8, 4) is 0 Å². The Bertz CT molecular complexity index is 584. The molecule has 0 saturated carbocycles. The lowest BCUT2D eigenvalue weighted by molar-refractivity contribution is -0.138. The molecular formula is C14H15F3N2O2S. The van der Waals surface area contributed by atoms with Gasteiger partial charge in [0.05, 0.1) is 17.0 Å². The monoisotopic (exact) mass is 332 g/mol. The van der Waals surface area contributed by atoms with Crippen molar-refractivity contribution in [2.45, 2.75) is 19.0 Å². The predicted octanol–water partition coefficient (Wildman–Crippen LogP) is 2.27. The fraction of sp³-hybridized carbons (Fsp3) is 0.429. The molecule has 1 heterocycles. The Morgan fingerprint density at radius 3 is 2.59 bits per heavy atom. The highest BCUT2D eigenvalue weighted by molar-refractivity contribution is 7.99. The summed E-state index contributed by atoms with van der Waals surface area (Å²) in [6.07, 6.45) is -4.54. The third kappa shape index (κ3) is 3.73. The minimum Gasteiger partial charge on any atom is -0.366 e. The van der Waals surface area contributed by atoms with Crippen LogP contribution in [0, 0.1) is 0 Å². The molecule has 0 unspecified atom stereocenters. The number of nitrogens with zero attached hydrogens (tertiary/aromatic N) is 1. The van der Waals surface area contributed by atoms with Crippen LogP contribution in [0.3, 0.4) is 0 Å². The van der Waals surface area contributed by atoms with Crippen molar-refractivity contribution in [3.05, 3.63) is 34.9 Å². The average Bonchev–Trinajstić information content (AvgIpc) is 2.97. The average molecular weight is 332 g/mol. The molecule has 1 aromatic carbocycles. The van der Waals surface area contributed by atoms with E-state index in [1.807, 2.05) is 0 Å². The molecule has 1 saturated heterocycles. The summed E-state index contributed by atoms with van der Waals surface area (Å²) >= 11 is 1.63. The van der Waals surface area contributed by atoms with Gasteiger partial charge in [-0.3, -0.25) is 9.59 Å². The quantitative estimate of drug-likeness (QED) is 0.920. The van der Waals surface area contributed by atoms with Gasteiger partial charge in [-0.2, -0.15) is 13.2 Å². The van der Waals surface area contributed by atoms with Gasteiger partial charge >= 0.3 is 6.18 Å². The topological polar surface area (TPSA) is 63.4 Å². The fourth-order valence-electron chi connectivity index (χ4n) is 2.35. The summed E-state index contributed by atoms with van der Waals surface area (Å²) in [6.45, 7) is 0.648. The van der Waals surface area contributed by atoms with Gasteiger partial charge in [0.15, 0.2) is 0 Å². The number of nitrogens with two attached hydrogens (primary N) is 1. The lowest BCUT2D eigenvalue weighted by atomic mass is 9.96. The van der Waals surface area contributed by atoms with E-state index in [2.05, 4.69) is 0 Å². The molecule has 8 heteroatoms. The van der Waals surface area contributed by atoms with E-state index in [0.717, 1.165) is 11.8 Å². The second-order valence-corrected chi connectivity index (χ2v) is 5.97. The summed E-state index contributed by atoms with van der Waals surface area (Å²) in [4.78, 5) is 25.0. The van der Waals surface area contributed by atoms with Crippen LogP contribution in [0.25, 0.3) is 0 Å². The predicted molar refractivity (Wildman–Crippen MR) is 77.3 cm³/mol. The zero-order valence-corrected chi connectivity index (χ0v) is 12.5. The maximum absolute atomic E-state index is 12.9. The number of amides is 2. The van der Waals surface area contributed by atoms with E-state index in [9.17, 15) is 22.8 Å². The van der Waals surface area contributed by atoms with Crippen molar-refractivity contribution in [1.82, 2.24) is 4.90 Å². The van der Waals surface area contributed by atoms with E-state index >= 15 is 0 Å². The van der Waals surface area contributed by atoms with Gasteiger partial charge in [0, 0.05) is 18.7 Å². The van der Waals surface area contributed by atoms with Gasteiger partial charge in [-0.1, -0.05) is 12.1 Å². The number of halogens is 3. The van der Waals surface area contributed by atoms with Crippen molar-refractivity contribution >= 4 is 23.6 Å². The summed E-state index contributed by atoms with van der Waals surface area (Å²) in [6, 6.07) is 3.45. The molecule has 120 valence electrons. The second-order valence-electron chi connectivity index (χ2n) is 4.90. The number of alkyl halides is 3. The molecule has 2 N–H and O–H groups in total. The summed E-state index contributed by atoms with van der Waals surface area (Å²) in [5, 5.41) is 0. The Kier molecular flexibility index (Phi) is 5.00. The summed E-state index contributed by atoms with van der Waals surface area (Å²) in [5.74, 6) is 0.205. The first kappa shape index (κ1) is 16.7. The standard InChI is InChI=1S/C14H15F3N2O2S/c15-14(16,17)10-3-1-2-9(12(10)13(18)21)4-5-11(20)19-6-7-22-8-19/h1-3H,4-8H2,(H2,18,21). The zero-order chi connectivity index (χ0) is 16.3. The van der Waals surface area contributed by atoms with Crippen LogP contribution in [0.5, 0.6) is 0 Å². The molecule has 0 aliphatic carbocycles. The molecule has 0 radical (unpaired) electrons. The first-order valence-electron chi connectivity index (χ1n) is 6.65. The molecule has 2 amide bonds. The molecule has 0 bridgehead atoms. The van der Waals surface area contributed by atoms with E-state index < -0.39 is 23.2 Å². The largest absolute Gasteiger partial charge is 0.417 e. The van der Waals surface area contributed by atoms with Crippen LogP contribution < -0.4 is 5.73 Å². The molecule has 1 aromatic rings. The molecule has 0 aromatic heterocycles. The van der Waals surface area contributed by atoms with Gasteiger partial charge in [-0.05, 0) is 18.1 Å². The van der Waals surface area contributed by atoms with Crippen molar-refractivity contribution in [2.75, 3.05) is 18.2 Å². The van der Waals surface area contributed by atoms with Crippen molar-refractivity contribution in [3.63, 3.8) is 0 Å². The Morgan fingerprint density at radius 2 is 2.05 bits per heavy atom. The maximum atomic E-state index is 12.9. The number of thioether (sulfide) groups is 1. The van der Waals surface area contributed by atoms with Crippen LogP contribution in [0.4, 0.5) is 13.2 Å². The van der Waals surface area contributed by atoms with Gasteiger partial charge in [0.25, 0.3) is 0 Å². The Balaban J connectivity index is 2.20. The highest BCUT2D eigenvalue weighted by Gasteiger charge is 2.35. The molecule has 1 fully saturated rings. The lowest BCUT2D eigenvalue weighted by Gasteiger charge is -2.16. The van der Waals surface area contributed by atoms with Gasteiger partial charge in [-0.15, -0.1) is 11.8 Å². The number of carbonyl (C=O) groups excluding carboxylic acids is 2. The van der Waals surface area contributed by atoms with E-state index in [-0.39, 0.29) is 24.3 Å². The molecule has 1 aliphatic heterocycles. The van der Waals surface area contributed by atoms with Crippen LogP contribution in [0.1, 0.15) is 27.9 Å². The fourth-order valence-corrected chi connectivity index (χ4v) is 3.32. The normalized spacial score (nSPS) is 15.1. The molecule has 22 heavy (non-hydrogen) atoms. The first-order chi connectivity index (χ1) is 10.3. The molecular weight excluding hydrogens is 317 g/mol. The SMILES string of the molecule is NC(=O)c1c(CCC(=O)N2CCSC2)cccc1C(F)(F)F. The number of hydrogen-bond acceptors (Lipinski definition) is 3. The lowest BCUT2D eigenvalue weighted by Crippen LogP contribution is -2.28. The number of aryl methyl sites for hydroxylation is 1. The van der Waals surface area contributed by atoms with Crippen molar-refractivity contribution in [1.29, 1.82) is 0 Å². The van der Waals surface area contributed by atoms with Crippen LogP contribution in [0.2, 0.25) is 0 Å². The molecule has 2 rings (SSSR count). The third-order valence-corrected chi connectivity index (χ3v) is 4.38. The summed E-state index contributed by atoms with van der Waals surface area (Å²) in [5.41, 5.74) is 3.66. The van der Waals surface area contributed by atoms with Crippen LogP contribution in [-0.4, -0.2) is 34.9 Å². The minimum absolute atomic E-state index is 0.0577. The Labute approximate surface area is 129 Å². The number of benzene rings is 1. The number of carbonyl (C=O) groups is 2. The minimum atomic E-state index is -4.66. The highest BCUT2D eigenvalue weighted by atomic mass is 32.2. The maximum Gasteiger partial charge on any atom is 0.417 e. The molecule has 4 nitrogen and oxygen atoms in total. The van der Waals surface area contributed by atoms with Crippen LogP contribution in [-0.2, 0) is 17.4 Å². The number of hydrogen-bond donors (Lipinski definition) is 1. The highest BCUT2D eigenvalue weighted by Crippen LogP contribution is 2.33. The Morgan fingerprint density at radius 1 is 1.32 bits per heavy atom. The van der Waals surface area contributed by atoms with Gasteiger partial charge in [0.2, 0.25) is 11.8 Å². The summed E-state index contributed by atoms with van der Waals surface area (Å²) in [7, 11) is 0. The van der Waals surface area contributed by atoms with E-state index in [4.69, 9.17) is 5.73 Å².